The normalized spacial score (nSPS) is 22.5. The van der Waals surface area contributed by atoms with Gasteiger partial charge in [0.15, 0.2) is 0 Å². The third-order valence-electron chi connectivity index (χ3n) is 11.2. The molecule has 1 aromatic carbocycles. The van der Waals surface area contributed by atoms with Crippen molar-refractivity contribution in [1.82, 2.24) is 34.8 Å². The zero-order valence-electron chi connectivity index (χ0n) is 32.0. The first-order valence-corrected chi connectivity index (χ1v) is 19.4. The first-order chi connectivity index (χ1) is 24.2. The number of carbonyl (C=O) groups excluding carboxylic acids is 5. The summed E-state index contributed by atoms with van der Waals surface area (Å²) in [5, 5.41) is 11.1. The van der Waals surface area contributed by atoms with E-state index in [0.717, 1.165) is 15.4 Å². The standard InChI is InChI=1S/C37H57N7O7S/c1-11-17-38-33(47)31(45)26(12-2)39-32(46)30-28-25(37(28,6)7)20-44(30)34(48)29(24-18-22-15-13-14-16-23(22)19-24)41-35(49)40-27(36(3,4)5)21-43(10)52(50,51)42(8)9/h11,13-16,24-30H,1,12,17-21H2,2-10H3,(H,38,47)(H,39,46)(H2,40,41,49)/t25-,26?,27+,28-,29-,30-/m0/s1. The van der Waals surface area contributed by atoms with Crippen molar-refractivity contribution >= 4 is 39.7 Å². The Hall–Kier alpha value is -3.82. The number of hydrogen-bond donors (Lipinski definition) is 4. The van der Waals surface area contributed by atoms with Crippen LogP contribution in [-0.2, 0) is 42.2 Å². The van der Waals surface area contributed by atoms with E-state index >= 15 is 0 Å². The zero-order valence-corrected chi connectivity index (χ0v) is 32.8. The predicted octanol–water partition coefficient (Wildman–Crippen LogP) is 1.47. The van der Waals surface area contributed by atoms with E-state index in [1.165, 1.54) is 36.4 Å². The molecule has 14 nitrogen and oxygen atoms in total. The van der Waals surface area contributed by atoms with Crippen molar-refractivity contribution in [2.45, 2.75) is 85.0 Å². The van der Waals surface area contributed by atoms with E-state index < -0.39 is 69.3 Å². The number of ketones is 1. The number of Topliss-reactive ketones (excluding diaryl/α,β-unsaturated/α-hetero) is 1. The van der Waals surface area contributed by atoms with Crippen LogP contribution in [0.3, 0.4) is 0 Å². The number of amides is 5. The Morgan fingerprint density at radius 1 is 1.02 bits per heavy atom. The third-order valence-corrected chi connectivity index (χ3v) is 13.0. The van der Waals surface area contributed by atoms with Crippen LogP contribution in [-0.4, -0.2) is 116 Å². The number of likely N-dealkylation sites (N-methyl/N-ethyl adjacent to an activating group) is 1. The third kappa shape index (κ3) is 8.52. The van der Waals surface area contributed by atoms with Crippen LogP contribution in [0.1, 0.15) is 59.1 Å². The number of urea groups is 1. The maximum Gasteiger partial charge on any atom is 0.315 e. The Labute approximate surface area is 308 Å². The number of nitrogens with one attached hydrogen (secondary N) is 4. The number of hydrogen-bond acceptors (Lipinski definition) is 7. The molecule has 1 saturated heterocycles. The second-order valence-electron chi connectivity index (χ2n) is 16.2. The summed E-state index contributed by atoms with van der Waals surface area (Å²) in [6.07, 6.45) is 2.70. The maximum absolute atomic E-state index is 14.8. The van der Waals surface area contributed by atoms with Crippen LogP contribution in [0.4, 0.5) is 4.79 Å². The van der Waals surface area contributed by atoms with E-state index in [2.05, 4.69) is 27.8 Å². The van der Waals surface area contributed by atoms with Crippen molar-refractivity contribution in [2.75, 3.05) is 40.8 Å². The fourth-order valence-corrected chi connectivity index (χ4v) is 8.62. The molecule has 1 saturated carbocycles. The second-order valence-corrected chi connectivity index (χ2v) is 18.5. The van der Waals surface area contributed by atoms with Crippen molar-refractivity contribution in [1.29, 1.82) is 0 Å². The van der Waals surface area contributed by atoms with Gasteiger partial charge in [0.25, 0.3) is 16.1 Å². The number of carbonyl (C=O) groups is 5. The molecular formula is C37H57N7O7S. The average Bonchev–Trinajstić information content (AvgIpc) is 3.43. The highest BCUT2D eigenvalue weighted by Gasteiger charge is 2.69. The fraction of sp³-hybridized carbons (Fsp3) is 0.649. The Morgan fingerprint density at radius 2 is 1.62 bits per heavy atom. The van der Waals surface area contributed by atoms with Gasteiger partial charge >= 0.3 is 6.03 Å². The molecule has 5 amide bonds. The highest BCUT2D eigenvalue weighted by atomic mass is 32.2. The highest BCUT2D eigenvalue weighted by Crippen LogP contribution is 2.65. The van der Waals surface area contributed by atoms with Crippen LogP contribution < -0.4 is 21.3 Å². The molecule has 6 atom stereocenters. The van der Waals surface area contributed by atoms with Crippen molar-refractivity contribution in [2.24, 2.45) is 28.6 Å². The van der Waals surface area contributed by atoms with Gasteiger partial charge in [-0.1, -0.05) is 71.9 Å². The number of likely N-dealkylation sites (tertiary alicyclic amines) is 1. The van der Waals surface area contributed by atoms with Gasteiger partial charge in [-0.05, 0) is 59.0 Å². The van der Waals surface area contributed by atoms with E-state index in [-0.39, 0.29) is 42.7 Å². The van der Waals surface area contributed by atoms with Gasteiger partial charge in [-0.3, -0.25) is 19.2 Å². The lowest BCUT2D eigenvalue weighted by molar-refractivity contribution is -0.144. The zero-order chi connectivity index (χ0) is 38.9. The van der Waals surface area contributed by atoms with Gasteiger partial charge in [0.2, 0.25) is 17.6 Å². The van der Waals surface area contributed by atoms with Gasteiger partial charge < -0.3 is 26.2 Å². The number of piperidine rings is 1. The van der Waals surface area contributed by atoms with Crippen molar-refractivity contribution < 1.29 is 32.4 Å². The Balaban J connectivity index is 1.61. The monoisotopic (exact) mass is 743 g/mol. The van der Waals surface area contributed by atoms with Crippen molar-refractivity contribution in [3.63, 3.8) is 0 Å². The average molecular weight is 744 g/mol. The molecule has 0 aromatic heterocycles. The summed E-state index contributed by atoms with van der Waals surface area (Å²) in [5.41, 5.74) is 1.37. The molecule has 2 aliphatic carbocycles. The Morgan fingerprint density at radius 3 is 2.13 bits per heavy atom. The lowest BCUT2D eigenvalue weighted by Gasteiger charge is -2.37. The quantitative estimate of drug-likeness (QED) is 0.155. The molecule has 15 heteroatoms. The summed E-state index contributed by atoms with van der Waals surface area (Å²) >= 11 is 0. The SMILES string of the molecule is C=CCNC(=O)C(=O)C(CC)NC(=O)[C@@H]1[C@@H]2[C@H](CN1C(=O)[C@@H](NC(=O)N[C@H](CN(C)S(=O)(=O)N(C)C)C(C)(C)C)C1Cc3ccccc3C1)C2(C)C. The van der Waals surface area contributed by atoms with E-state index in [4.69, 9.17) is 0 Å². The van der Waals surface area contributed by atoms with E-state index in [9.17, 15) is 32.4 Å². The summed E-state index contributed by atoms with van der Waals surface area (Å²) in [6.45, 7) is 15.4. The van der Waals surface area contributed by atoms with Gasteiger partial charge in [-0.25, -0.2) is 4.79 Å². The van der Waals surface area contributed by atoms with Crippen LogP contribution in [0.15, 0.2) is 36.9 Å². The summed E-state index contributed by atoms with van der Waals surface area (Å²) < 4.78 is 27.9. The molecule has 3 aliphatic rings. The summed E-state index contributed by atoms with van der Waals surface area (Å²) in [7, 11) is 0.563. The first-order valence-electron chi connectivity index (χ1n) is 18.0. The van der Waals surface area contributed by atoms with E-state index in [1.54, 1.807) is 6.92 Å². The van der Waals surface area contributed by atoms with Gasteiger partial charge in [-0.15, -0.1) is 6.58 Å². The Kier molecular flexibility index (Phi) is 12.3. The van der Waals surface area contributed by atoms with Crippen molar-refractivity contribution in [3.05, 3.63) is 48.0 Å². The molecule has 4 N–H and O–H groups in total. The van der Waals surface area contributed by atoms with Gasteiger partial charge in [-0.2, -0.15) is 17.0 Å². The molecule has 4 rings (SSSR count). The van der Waals surface area contributed by atoms with Crippen LogP contribution in [0.5, 0.6) is 0 Å². The van der Waals surface area contributed by atoms with Gasteiger partial charge in [0, 0.05) is 46.8 Å². The smallest absolute Gasteiger partial charge is 0.315 e. The topological polar surface area (TPSA) is 177 Å². The number of benzene rings is 1. The molecule has 0 bridgehead atoms. The molecule has 2 fully saturated rings. The highest BCUT2D eigenvalue weighted by molar-refractivity contribution is 7.86. The van der Waals surface area contributed by atoms with Crippen molar-refractivity contribution in [3.8, 4) is 0 Å². The van der Waals surface area contributed by atoms with Crippen LogP contribution >= 0.6 is 0 Å². The van der Waals surface area contributed by atoms with Crippen LogP contribution in [0, 0.1) is 28.6 Å². The molecular weight excluding hydrogens is 687 g/mol. The van der Waals surface area contributed by atoms with Crippen LogP contribution in [0.2, 0.25) is 0 Å². The molecule has 0 spiro atoms. The lowest BCUT2D eigenvalue weighted by atomic mass is 9.86. The second kappa shape index (κ2) is 15.7. The molecule has 1 unspecified atom stereocenters. The van der Waals surface area contributed by atoms with E-state index in [0.29, 0.717) is 19.4 Å². The maximum atomic E-state index is 14.8. The number of fused-ring (bicyclic) bond motifs is 2. The molecule has 1 aliphatic heterocycles. The molecule has 0 radical (unpaired) electrons. The lowest BCUT2D eigenvalue weighted by Crippen LogP contribution is -2.62. The molecule has 288 valence electrons. The minimum atomic E-state index is -3.76. The summed E-state index contributed by atoms with van der Waals surface area (Å²) in [6, 6.07) is 3.62. The summed E-state index contributed by atoms with van der Waals surface area (Å²) in [4.78, 5) is 69.7. The van der Waals surface area contributed by atoms with Gasteiger partial charge in [0.05, 0.1) is 6.04 Å². The molecule has 1 heterocycles. The van der Waals surface area contributed by atoms with E-state index in [1.807, 2.05) is 58.9 Å². The minimum Gasteiger partial charge on any atom is -0.346 e. The fourth-order valence-electron chi connectivity index (χ4n) is 7.73. The molecule has 1 aromatic rings. The van der Waals surface area contributed by atoms with Gasteiger partial charge in [0.1, 0.15) is 12.1 Å². The number of nitrogens with zero attached hydrogens (tertiary/aromatic N) is 3. The Bertz CT molecular complexity index is 1650. The summed E-state index contributed by atoms with van der Waals surface area (Å²) in [5.74, 6) is -2.98. The first kappa shape index (κ1) is 40.9. The predicted molar refractivity (Wildman–Crippen MR) is 198 cm³/mol. The van der Waals surface area contributed by atoms with Crippen LogP contribution in [0.25, 0.3) is 0 Å². The minimum absolute atomic E-state index is 0.0132. The largest absolute Gasteiger partial charge is 0.346 e. The molecule has 52 heavy (non-hydrogen) atoms. The number of rotatable bonds is 15.